The second-order valence-corrected chi connectivity index (χ2v) is 6.41. The maximum absolute atomic E-state index is 5.43. The molecule has 1 N–H and O–H groups in total. The molecule has 20 heavy (non-hydrogen) atoms. The summed E-state index contributed by atoms with van der Waals surface area (Å²) >= 11 is 0. The van der Waals surface area contributed by atoms with Crippen LogP contribution in [0.5, 0.6) is 5.88 Å². The standard InChI is InChI=1S/C15H28N4O/c1-12-13(14(20-5)19(4)17-12)10-16-11-15(2)6-8-18(3)9-7-15/h16H,6-11H2,1-5H3. The van der Waals surface area contributed by atoms with Gasteiger partial charge in [0.05, 0.1) is 18.4 Å². The lowest BCUT2D eigenvalue weighted by Gasteiger charge is -2.38. The molecule has 2 rings (SSSR count). The predicted octanol–water partition coefficient (Wildman–Crippen LogP) is 1.56. The van der Waals surface area contributed by atoms with Crippen molar-refractivity contribution in [2.45, 2.75) is 33.2 Å². The summed E-state index contributed by atoms with van der Waals surface area (Å²) in [6.45, 7) is 8.71. The molecule has 0 saturated carbocycles. The molecule has 114 valence electrons. The zero-order valence-corrected chi connectivity index (χ0v) is 13.5. The third kappa shape index (κ3) is 3.33. The molecule has 1 aliphatic rings. The van der Waals surface area contributed by atoms with Crippen LogP contribution in [-0.4, -0.2) is 48.5 Å². The first-order valence-corrected chi connectivity index (χ1v) is 7.41. The monoisotopic (exact) mass is 280 g/mol. The number of aryl methyl sites for hydroxylation is 2. The number of nitrogens with one attached hydrogen (secondary N) is 1. The van der Waals surface area contributed by atoms with Gasteiger partial charge in [-0.1, -0.05) is 6.92 Å². The number of aromatic nitrogens is 2. The van der Waals surface area contributed by atoms with Gasteiger partial charge in [0.25, 0.3) is 0 Å². The molecule has 5 heteroatoms. The maximum atomic E-state index is 5.43. The van der Waals surface area contributed by atoms with Crippen molar-refractivity contribution in [3.05, 3.63) is 11.3 Å². The number of methoxy groups -OCH3 is 1. The smallest absolute Gasteiger partial charge is 0.216 e. The van der Waals surface area contributed by atoms with Gasteiger partial charge in [0.15, 0.2) is 0 Å². The van der Waals surface area contributed by atoms with Gasteiger partial charge in [-0.25, -0.2) is 4.68 Å². The zero-order chi connectivity index (χ0) is 14.8. The van der Waals surface area contributed by atoms with Crippen LogP contribution in [0.3, 0.4) is 0 Å². The summed E-state index contributed by atoms with van der Waals surface area (Å²) in [4.78, 5) is 2.41. The summed E-state index contributed by atoms with van der Waals surface area (Å²) in [7, 11) is 5.84. The van der Waals surface area contributed by atoms with Gasteiger partial charge >= 0.3 is 0 Å². The molecule has 1 aliphatic heterocycles. The molecule has 0 bridgehead atoms. The first-order valence-electron chi connectivity index (χ1n) is 7.41. The van der Waals surface area contributed by atoms with E-state index in [2.05, 4.69) is 29.3 Å². The molecule has 0 radical (unpaired) electrons. The van der Waals surface area contributed by atoms with E-state index in [4.69, 9.17) is 4.74 Å². The van der Waals surface area contributed by atoms with Crippen LogP contribution in [0, 0.1) is 12.3 Å². The molecular formula is C15H28N4O. The molecule has 0 amide bonds. The minimum atomic E-state index is 0.413. The quantitative estimate of drug-likeness (QED) is 0.889. The van der Waals surface area contributed by atoms with Gasteiger partial charge in [0, 0.05) is 20.1 Å². The second-order valence-electron chi connectivity index (χ2n) is 6.41. The molecule has 0 atom stereocenters. The van der Waals surface area contributed by atoms with Crippen LogP contribution in [0.1, 0.15) is 31.0 Å². The first-order chi connectivity index (χ1) is 9.45. The van der Waals surface area contributed by atoms with E-state index >= 15 is 0 Å². The summed E-state index contributed by atoms with van der Waals surface area (Å²) in [5.74, 6) is 0.864. The summed E-state index contributed by atoms with van der Waals surface area (Å²) < 4.78 is 7.24. The van der Waals surface area contributed by atoms with Crippen LogP contribution >= 0.6 is 0 Å². The third-order valence-corrected chi connectivity index (χ3v) is 4.53. The van der Waals surface area contributed by atoms with Crippen molar-refractivity contribution in [3.8, 4) is 5.88 Å². The van der Waals surface area contributed by atoms with Crippen LogP contribution < -0.4 is 10.1 Å². The van der Waals surface area contributed by atoms with Crippen molar-refractivity contribution in [1.82, 2.24) is 20.0 Å². The number of hydrogen-bond acceptors (Lipinski definition) is 4. The maximum Gasteiger partial charge on any atom is 0.216 e. The highest BCUT2D eigenvalue weighted by molar-refractivity contribution is 5.30. The third-order valence-electron chi connectivity index (χ3n) is 4.53. The molecule has 0 aliphatic carbocycles. The van der Waals surface area contributed by atoms with Crippen LogP contribution in [0.4, 0.5) is 0 Å². The SMILES string of the molecule is COc1c(CNCC2(C)CCN(C)CC2)c(C)nn1C. The van der Waals surface area contributed by atoms with Crippen molar-refractivity contribution in [1.29, 1.82) is 0 Å². The van der Waals surface area contributed by atoms with Gasteiger partial charge in [0.1, 0.15) is 0 Å². The normalized spacial score (nSPS) is 19.2. The Hall–Kier alpha value is -1.07. The summed E-state index contributed by atoms with van der Waals surface area (Å²) in [5.41, 5.74) is 2.63. The number of hydrogen-bond donors (Lipinski definition) is 1. The Kier molecular flexibility index (Phi) is 4.70. The van der Waals surface area contributed by atoms with Gasteiger partial charge in [-0.3, -0.25) is 0 Å². The molecule has 5 nitrogen and oxygen atoms in total. The fourth-order valence-corrected chi connectivity index (χ4v) is 2.96. The molecule has 1 aromatic heterocycles. The Morgan fingerprint density at radius 2 is 1.95 bits per heavy atom. The molecule has 1 saturated heterocycles. The van der Waals surface area contributed by atoms with Crippen LogP contribution in [-0.2, 0) is 13.6 Å². The highest BCUT2D eigenvalue weighted by Crippen LogP contribution is 2.29. The number of nitrogens with zero attached hydrogens (tertiary/aromatic N) is 3. The number of ether oxygens (including phenoxy) is 1. The number of rotatable bonds is 5. The van der Waals surface area contributed by atoms with Crippen LogP contribution in [0.2, 0.25) is 0 Å². The Morgan fingerprint density at radius 1 is 1.30 bits per heavy atom. The minimum Gasteiger partial charge on any atom is -0.481 e. The van der Waals surface area contributed by atoms with Crippen molar-refractivity contribution in [2.24, 2.45) is 12.5 Å². The minimum absolute atomic E-state index is 0.413. The van der Waals surface area contributed by atoms with E-state index in [1.54, 1.807) is 7.11 Å². The van der Waals surface area contributed by atoms with Gasteiger partial charge in [-0.15, -0.1) is 0 Å². The largest absolute Gasteiger partial charge is 0.481 e. The van der Waals surface area contributed by atoms with Crippen LogP contribution in [0.15, 0.2) is 0 Å². The number of likely N-dealkylation sites (tertiary alicyclic amines) is 1. The van der Waals surface area contributed by atoms with Gasteiger partial charge < -0.3 is 15.0 Å². The van der Waals surface area contributed by atoms with E-state index in [0.717, 1.165) is 24.7 Å². The fraction of sp³-hybridized carbons (Fsp3) is 0.800. The van der Waals surface area contributed by atoms with Crippen molar-refractivity contribution < 1.29 is 4.74 Å². The Morgan fingerprint density at radius 3 is 2.55 bits per heavy atom. The number of piperidine rings is 1. The average Bonchev–Trinajstić information content (AvgIpc) is 2.68. The zero-order valence-electron chi connectivity index (χ0n) is 13.5. The van der Waals surface area contributed by atoms with Crippen molar-refractivity contribution in [3.63, 3.8) is 0 Å². The van der Waals surface area contributed by atoms with E-state index < -0.39 is 0 Å². The molecule has 0 unspecified atom stereocenters. The molecule has 0 spiro atoms. The van der Waals surface area contributed by atoms with E-state index in [1.807, 2.05) is 18.7 Å². The Bertz CT molecular complexity index is 447. The van der Waals surface area contributed by atoms with E-state index in [-0.39, 0.29) is 0 Å². The lowest BCUT2D eigenvalue weighted by molar-refractivity contribution is 0.136. The molecule has 0 aromatic carbocycles. The molecule has 2 heterocycles. The van der Waals surface area contributed by atoms with Crippen LogP contribution in [0.25, 0.3) is 0 Å². The van der Waals surface area contributed by atoms with Gasteiger partial charge in [-0.2, -0.15) is 5.10 Å². The van der Waals surface area contributed by atoms with Gasteiger partial charge in [-0.05, 0) is 45.3 Å². The molecular weight excluding hydrogens is 252 g/mol. The highest BCUT2D eigenvalue weighted by atomic mass is 16.5. The van der Waals surface area contributed by atoms with E-state index in [0.29, 0.717) is 5.41 Å². The molecule has 1 aromatic rings. The van der Waals surface area contributed by atoms with E-state index in [9.17, 15) is 0 Å². The molecule has 1 fully saturated rings. The van der Waals surface area contributed by atoms with E-state index in [1.165, 1.54) is 31.5 Å². The first kappa shape index (κ1) is 15.3. The predicted molar refractivity (Wildman–Crippen MR) is 81.0 cm³/mol. The van der Waals surface area contributed by atoms with Crippen molar-refractivity contribution in [2.75, 3.05) is 33.8 Å². The van der Waals surface area contributed by atoms with Gasteiger partial charge in [0.2, 0.25) is 5.88 Å². The summed E-state index contributed by atoms with van der Waals surface area (Å²) in [5, 5.41) is 8.02. The lowest BCUT2D eigenvalue weighted by Crippen LogP contribution is -2.41. The fourth-order valence-electron chi connectivity index (χ4n) is 2.96. The second kappa shape index (κ2) is 6.14. The Labute approximate surface area is 122 Å². The summed E-state index contributed by atoms with van der Waals surface area (Å²) in [6, 6.07) is 0. The Balaban J connectivity index is 1.90. The van der Waals surface area contributed by atoms with Crippen molar-refractivity contribution >= 4 is 0 Å². The highest BCUT2D eigenvalue weighted by Gasteiger charge is 2.28. The summed E-state index contributed by atoms with van der Waals surface area (Å²) in [6.07, 6.45) is 2.53. The topological polar surface area (TPSA) is 42.3 Å². The average molecular weight is 280 g/mol. The lowest BCUT2D eigenvalue weighted by atomic mass is 9.80.